The van der Waals surface area contributed by atoms with Gasteiger partial charge < -0.3 is 5.11 Å². The second kappa shape index (κ2) is 9.02. The Morgan fingerprint density at radius 2 is 1.83 bits per heavy atom. The van der Waals surface area contributed by atoms with Gasteiger partial charge in [0.15, 0.2) is 5.82 Å². The number of tetrazole rings is 1. The van der Waals surface area contributed by atoms with Gasteiger partial charge in [-0.25, -0.2) is 4.68 Å². The van der Waals surface area contributed by atoms with Crippen LogP contribution in [0.4, 0.5) is 0 Å². The summed E-state index contributed by atoms with van der Waals surface area (Å²) in [5.74, 6) is -1.36. The molecule has 0 radical (unpaired) electrons. The molecule has 0 amide bonds. The molecule has 0 fully saturated rings. The van der Waals surface area contributed by atoms with Gasteiger partial charge in [0.25, 0.3) is 0 Å². The van der Waals surface area contributed by atoms with E-state index in [0.717, 1.165) is 12.8 Å². The van der Waals surface area contributed by atoms with Crippen molar-refractivity contribution >= 4 is 5.97 Å². The number of hydrogen-bond donors (Lipinski definition) is 1. The zero-order valence-electron chi connectivity index (χ0n) is 13.6. The summed E-state index contributed by atoms with van der Waals surface area (Å²) in [5, 5.41) is 21.2. The predicted molar refractivity (Wildman–Crippen MR) is 87.1 cm³/mol. The van der Waals surface area contributed by atoms with E-state index in [1.54, 1.807) is 16.8 Å². The van der Waals surface area contributed by atoms with Gasteiger partial charge in [-0.3, -0.25) is 4.79 Å². The van der Waals surface area contributed by atoms with Gasteiger partial charge in [-0.05, 0) is 22.4 Å². The number of unbranched alkanes of at least 4 members (excludes halogenated alkanes) is 5. The number of carbonyl (C=O) groups is 1. The summed E-state index contributed by atoms with van der Waals surface area (Å²) in [7, 11) is 0. The molecule has 0 saturated heterocycles. The van der Waals surface area contributed by atoms with Gasteiger partial charge in [0.05, 0.1) is 0 Å². The van der Waals surface area contributed by atoms with Gasteiger partial charge in [0.1, 0.15) is 5.92 Å². The monoisotopic (exact) mass is 316 g/mol. The summed E-state index contributed by atoms with van der Waals surface area (Å²) >= 11 is 0. The molecule has 2 aromatic rings. The van der Waals surface area contributed by atoms with E-state index in [1.165, 1.54) is 25.7 Å². The summed E-state index contributed by atoms with van der Waals surface area (Å²) in [6, 6.07) is 9.10. The molecule has 1 heterocycles. The maximum absolute atomic E-state index is 11.7. The van der Waals surface area contributed by atoms with Crippen molar-refractivity contribution in [2.45, 2.75) is 57.9 Å². The highest BCUT2D eigenvalue weighted by atomic mass is 16.4. The topological polar surface area (TPSA) is 80.9 Å². The quantitative estimate of drug-likeness (QED) is 0.680. The Balaban J connectivity index is 2.02. The van der Waals surface area contributed by atoms with Gasteiger partial charge in [0, 0.05) is 6.54 Å². The Kier molecular flexibility index (Phi) is 6.72. The largest absolute Gasteiger partial charge is 0.480 e. The van der Waals surface area contributed by atoms with Crippen LogP contribution in [0.3, 0.4) is 0 Å². The molecule has 1 aromatic heterocycles. The molecule has 0 bridgehead atoms. The second-order valence-electron chi connectivity index (χ2n) is 5.71. The molecule has 124 valence electrons. The lowest BCUT2D eigenvalue weighted by atomic mass is 9.98. The smallest absolute Gasteiger partial charge is 0.318 e. The van der Waals surface area contributed by atoms with Gasteiger partial charge >= 0.3 is 5.97 Å². The fraction of sp³-hybridized carbons (Fsp3) is 0.529. The van der Waals surface area contributed by atoms with E-state index in [2.05, 4.69) is 22.4 Å². The van der Waals surface area contributed by atoms with Crippen LogP contribution in [0.1, 0.15) is 62.8 Å². The van der Waals surface area contributed by atoms with E-state index in [9.17, 15) is 9.90 Å². The third-order valence-electron chi connectivity index (χ3n) is 3.92. The summed E-state index contributed by atoms with van der Waals surface area (Å²) in [6.07, 6.45) is 7.03. The van der Waals surface area contributed by atoms with E-state index in [-0.39, 0.29) is 0 Å². The van der Waals surface area contributed by atoms with Crippen molar-refractivity contribution in [3.63, 3.8) is 0 Å². The number of rotatable bonds is 10. The van der Waals surface area contributed by atoms with Crippen LogP contribution in [-0.4, -0.2) is 31.3 Å². The first-order chi connectivity index (χ1) is 11.2. The Morgan fingerprint density at radius 1 is 1.13 bits per heavy atom. The fourth-order valence-corrected chi connectivity index (χ4v) is 2.67. The van der Waals surface area contributed by atoms with Crippen molar-refractivity contribution in [1.29, 1.82) is 0 Å². The van der Waals surface area contributed by atoms with E-state index in [4.69, 9.17) is 0 Å². The molecular formula is C17H24N4O2. The van der Waals surface area contributed by atoms with Crippen LogP contribution in [0.5, 0.6) is 0 Å². The van der Waals surface area contributed by atoms with Crippen LogP contribution in [0.25, 0.3) is 0 Å². The van der Waals surface area contributed by atoms with Gasteiger partial charge in [-0.1, -0.05) is 69.4 Å². The average molecular weight is 316 g/mol. The second-order valence-corrected chi connectivity index (χ2v) is 5.71. The highest BCUT2D eigenvalue weighted by molar-refractivity contribution is 5.79. The molecular weight excluding hydrogens is 292 g/mol. The van der Waals surface area contributed by atoms with E-state index >= 15 is 0 Å². The first-order valence-electron chi connectivity index (χ1n) is 8.27. The molecule has 0 aliphatic heterocycles. The van der Waals surface area contributed by atoms with Crippen molar-refractivity contribution in [3.8, 4) is 0 Å². The van der Waals surface area contributed by atoms with Crippen molar-refractivity contribution < 1.29 is 9.90 Å². The molecule has 2 rings (SSSR count). The van der Waals surface area contributed by atoms with E-state index < -0.39 is 11.9 Å². The fourth-order valence-electron chi connectivity index (χ4n) is 2.67. The number of carboxylic acid groups (broad SMARTS) is 1. The molecule has 0 saturated carbocycles. The molecule has 1 N–H and O–H groups in total. The molecule has 1 unspecified atom stereocenters. The van der Waals surface area contributed by atoms with E-state index in [1.807, 2.05) is 18.2 Å². The number of hydrogen-bond acceptors (Lipinski definition) is 4. The molecule has 0 aliphatic carbocycles. The predicted octanol–water partition coefficient (Wildman–Crippen LogP) is 3.25. The van der Waals surface area contributed by atoms with Crippen LogP contribution in [0, 0.1) is 0 Å². The van der Waals surface area contributed by atoms with Gasteiger partial charge in [-0.15, -0.1) is 5.10 Å². The lowest BCUT2D eigenvalue weighted by molar-refractivity contribution is -0.138. The third-order valence-corrected chi connectivity index (χ3v) is 3.92. The van der Waals surface area contributed by atoms with Crippen LogP contribution >= 0.6 is 0 Å². The SMILES string of the molecule is CCCCCCCCn1nnnc1C(C(=O)O)c1ccccc1. The average Bonchev–Trinajstić information content (AvgIpc) is 3.00. The Labute approximate surface area is 136 Å². The summed E-state index contributed by atoms with van der Waals surface area (Å²) < 4.78 is 1.63. The number of carboxylic acids is 1. The molecule has 1 atom stereocenters. The van der Waals surface area contributed by atoms with E-state index in [0.29, 0.717) is 17.9 Å². The van der Waals surface area contributed by atoms with Crippen LogP contribution < -0.4 is 0 Å². The van der Waals surface area contributed by atoms with Crippen molar-refractivity contribution in [2.24, 2.45) is 0 Å². The molecule has 0 aliphatic rings. The lowest BCUT2D eigenvalue weighted by Gasteiger charge is -2.12. The van der Waals surface area contributed by atoms with Gasteiger partial charge in [-0.2, -0.15) is 0 Å². The minimum absolute atomic E-state index is 0.400. The number of aliphatic carboxylic acids is 1. The summed E-state index contributed by atoms with van der Waals surface area (Å²) in [5.41, 5.74) is 0.694. The standard InChI is InChI=1S/C17H24N4O2/c1-2-3-4-5-6-10-13-21-16(18-19-20-21)15(17(22)23)14-11-8-7-9-12-14/h7-9,11-12,15H,2-6,10,13H2,1H3,(H,22,23). The molecule has 0 spiro atoms. The lowest BCUT2D eigenvalue weighted by Crippen LogP contribution is -2.19. The molecule has 1 aromatic carbocycles. The van der Waals surface area contributed by atoms with Crippen LogP contribution in [0.15, 0.2) is 30.3 Å². The highest BCUT2D eigenvalue weighted by Crippen LogP contribution is 2.23. The van der Waals surface area contributed by atoms with Gasteiger partial charge in [0.2, 0.25) is 0 Å². The number of aromatic nitrogens is 4. The van der Waals surface area contributed by atoms with Crippen molar-refractivity contribution in [1.82, 2.24) is 20.2 Å². The zero-order chi connectivity index (χ0) is 16.5. The molecule has 6 nitrogen and oxygen atoms in total. The first-order valence-corrected chi connectivity index (χ1v) is 8.27. The zero-order valence-corrected chi connectivity index (χ0v) is 13.6. The Morgan fingerprint density at radius 3 is 2.52 bits per heavy atom. The number of benzene rings is 1. The van der Waals surface area contributed by atoms with Crippen molar-refractivity contribution in [3.05, 3.63) is 41.7 Å². The van der Waals surface area contributed by atoms with Crippen molar-refractivity contribution in [2.75, 3.05) is 0 Å². The molecule has 23 heavy (non-hydrogen) atoms. The number of nitrogens with zero attached hydrogens (tertiary/aromatic N) is 4. The number of aryl methyl sites for hydroxylation is 1. The first kappa shape index (κ1) is 17.1. The minimum Gasteiger partial charge on any atom is -0.480 e. The summed E-state index contributed by atoms with van der Waals surface area (Å²) in [6.45, 7) is 2.86. The Bertz CT molecular complexity index is 598. The normalized spacial score (nSPS) is 12.2. The molecule has 6 heteroatoms. The Hall–Kier alpha value is -2.24. The third kappa shape index (κ3) is 4.87. The summed E-state index contributed by atoms with van der Waals surface area (Å²) in [4.78, 5) is 11.7. The maximum atomic E-state index is 11.7. The maximum Gasteiger partial charge on any atom is 0.318 e. The minimum atomic E-state index is -0.935. The highest BCUT2D eigenvalue weighted by Gasteiger charge is 2.27. The van der Waals surface area contributed by atoms with Crippen LogP contribution in [0.2, 0.25) is 0 Å². The van der Waals surface area contributed by atoms with Crippen LogP contribution in [-0.2, 0) is 11.3 Å².